The Morgan fingerprint density at radius 2 is 1.81 bits per heavy atom. The van der Waals surface area contributed by atoms with Gasteiger partial charge < -0.3 is 0 Å². The van der Waals surface area contributed by atoms with Crippen molar-refractivity contribution in [3.05, 3.63) is 64.7 Å². The second-order valence-electron chi connectivity index (χ2n) is 4.57. The number of aryl methyl sites for hydroxylation is 1. The van der Waals surface area contributed by atoms with Gasteiger partial charge >= 0.3 is 6.18 Å². The molecule has 1 aromatic carbocycles. The minimum Gasteiger partial charge on any atom is -0.271 e. The van der Waals surface area contributed by atoms with Crippen LogP contribution in [0, 0.1) is 12.7 Å². The lowest BCUT2D eigenvalue weighted by molar-refractivity contribution is -0.140. The van der Waals surface area contributed by atoms with E-state index in [2.05, 4.69) is 10.4 Å². The summed E-state index contributed by atoms with van der Waals surface area (Å²) in [5, 5.41) is 0. The quantitative estimate of drug-likeness (QED) is 0.520. The van der Waals surface area contributed by atoms with E-state index >= 15 is 0 Å². The average molecular weight is 299 g/mol. The number of hydrazine groups is 1. The molecule has 21 heavy (non-hydrogen) atoms. The van der Waals surface area contributed by atoms with Gasteiger partial charge in [0.1, 0.15) is 5.82 Å². The minimum absolute atomic E-state index is 0.205. The van der Waals surface area contributed by atoms with Gasteiger partial charge in [-0.1, -0.05) is 12.1 Å². The SMILES string of the molecule is Cc1ccc(C(NN)c2ccc(F)c(C(F)(F)F)c2)cn1. The number of alkyl halides is 3. The largest absolute Gasteiger partial charge is 0.419 e. The first-order chi connectivity index (χ1) is 9.82. The Morgan fingerprint density at radius 3 is 2.33 bits per heavy atom. The first-order valence-corrected chi connectivity index (χ1v) is 6.08. The number of halogens is 4. The molecule has 0 saturated carbocycles. The van der Waals surface area contributed by atoms with Gasteiger partial charge in [0.05, 0.1) is 11.6 Å². The number of aromatic nitrogens is 1. The van der Waals surface area contributed by atoms with Crippen molar-refractivity contribution < 1.29 is 17.6 Å². The van der Waals surface area contributed by atoms with Gasteiger partial charge in [-0.3, -0.25) is 10.8 Å². The summed E-state index contributed by atoms with van der Waals surface area (Å²) >= 11 is 0. The van der Waals surface area contributed by atoms with Gasteiger partial charge in [-0.2, -0.15) is 13.2 Å². The third-order valence-electron chi connectivity index (χ3n) is 3.06. The molecule has 1 aromatic heterocycles. The van der Waals surface area contributed by atoms with E-state index in [0.29, 0.717) is 5.56 Å². The summed E-state index contributed by atoms with van der Waals surface area (Å²) in [4.78, 5) is 4.07. The van der Waals surface area contributed by atoms with Gasteiger partial charge in [-0.25, -0.2) is 9.82 Å². The van der Waals surface area contributed by atoms with Crippen molar-refractivity contribution in [1.82, 2.24) is 10.4 Å². The molecule has 0 spiro atoms. The molecule has 0 fully saturated rings. The van der Waals surface area contributed by atoms with Crippen LogP contribution >= 0.6 is 0 Å². The molecule has 1 heterocycles. The first-order valence-electron chi connectivity index (χ1n) is 6.08. The van der Waals surface area contributed by atoms with Crippen molar-refractivity contribution in [1.29, 1.82) is 0 Å². The van der Waals surface area contributed by atoms with Crippen molar-refractivity contribution in [3.63, 3.8) is 0 Å². The number of nitrogens with zero attached hydrogens (tertiary/aromatic N) is 1. The second kappa shape index (κ2) is 5.79. The molecule has 2 aromatic rings. The lowest BCUT2D eigenvalue weighted by Gasteiger charge is -2.18. The highest BCUT2D eigenvalue weighted by atomic mass is 19.4. The number of hydrogen-bond acceptors (Lipinski definition) is 3. The Morgan fingerprint density at radius 1 is 1.14 bits per heavy atom. The molecule has 2 rings (SSSR count). The first kappa shape index (κ1) is 15.4. The molecular formula is C14H13F4N3. The van der Waals surface area contributed by atoms with E-state index in [4.69, 9.17) is 5.84 Å². The molecule has 1 atom stereocenters. The number of rotatable bonds is 3. The Balaban J connectivity index is 2.46. The number of nitrogens with one attached hydrogen (secondary N) is 1. The Hall–Kier alpha value is -1.99. The lowest BCUT2D eigenvalue weighted by atomic mass is 9.98. The minimum atomic E-state index is -4.76. The van der Waals surface area contributed by atoms with E-state index in [0.717, 1.165) is 17.8 Å². The van der Waals surface area contributed by atoms with Gasteiger partial charge in [0.25, 0.3) is 0 Å². The fraction of sp³-hybridized carbons (Fsp3) is 0.214. The molecule has 112 valence electrons. The topological polar surface area (TPSA) is 50.9 Å². The van der Waals surface area contributed by atoms with E-state index in [-0.39, 0.29) is 5.56 Å². The molecule has 0 saturated heterocycles. The molecule has 3 nitrogen and oxygen atoms in total. The zero-order valence-electron chi connectivity index (χ0n) is 11.1. The van der Waals surface area contributed by atoms with Crippen molar-refractivity contribution in [3.8, 4) is 0 Å². The van der Waals surface area contributed by atoms with Crippen LogP contribution in [0.1, 0.15) is 28.4 Å². The summed E-state index contributed by atoms with van der Waals surface area (Å²) in [5.41, 5.74) is 2.66. The van der Waals surface area contributed by atoms with E-state index < -0.39 is 23.6 Å². The highest BCUT2D eigenvalue weighted by Gasteiger charge is 2.34. The zero-order valence-corrected chi connectivity index (χ0v) is 11.1. The predicted molar refractivity (Wildman–Crippen MR) is 69.5 cm³/mol. The van der Waals surface area contributed by atoms with Crippen LogP contribution in [0.4, 0.5) is 17.6 Å². The predicted octanol–water partition coefficient (Wildman–Crippen LogP) is 3.10. The van der Waals surface area contributed by atoms with Crippen LogP contribution < -0.4 is 11.3 Å². The fourth-order valence-electron chi connectivity index (χ4n) is 1.97. The molecule has 0 amide bonds. The van der Waals surface area contributed by atoms with Gasteiger partial charge in [-0.05, 0) is 36.2 Å². The summed E-state index contributed by atoms with van der Waals surface area (Å²) in [6.45, 7) is 1.79. The highest BCUT2D eigenvalue weighted by molar-refractivity contribution is 5.35. The summed E-state index contributed by atoms with van der Waals surface area (Å²) < 4.78 is 51.5. The van der Waals surface area contributed by atoms with Crippen LogP contribution in [0.3, 0.4) is 0 Å². The number of nitrogens with two attached hydrogens (primary N) is 1. The molecule has 0 aliphatic heterocycles. The highest BCUT2D eigenvalue weighted by Crippen LogP contribution is 2.33. The van der Waals surface area contributed by atoms with Crippen molar-refractivity contribution >= 4 is 0 Å². The van der Waals surface area contributed by atoms with Gasteiger partial charge in [0.15, 0.2) is 0 Å². The molecule has 0 aliphatic carbocycles. The third kappa shape index (κ3) is 3.37. The summed E-state index contributed by atoms with van der Waals surface area (Å²) in [6.07, 6.45) is -3.25. The lowest BCUT2D eigenvalue weighted by Crippen LogP contribution is -2.29. The monoisotopic (exact) mass is 299 g/mol. The molecule has 3 N–H and O–H groups in total. The summed E-state index contributed by atoms with van der Waals surface area (Å²) in [7, 11) is 0. The van der Waals surface area contributed by atoms with Gasteiger partial charge in [-0.15, -0.1) is 0 Å². The van der Waals surface area contributed by atoms with Crippen LogP contribution in [0.2, 0.25) is 0 Å². The maximum absolute atomic E-state index is 13.3. The average Bonchev–Trinajstić information content (AvgIpc) is 2.42. The van der Waals surface area contributed by atoms with E-state index in [1.165, 1.54) is 12.3 Å². The number of pyridine rings is 1. The number of benzene rings is 1. The molecule has 1 unspecified atom stereocenters. The summed E-state index contributed by atoms with van der Waals surface area (Å²) in [6, 6.07) is 5.50. The van der Waals surface area contributed by atoms with E-state index in [9.17, 15) is 17.6 Å². The van der Waals surface area contributed by atoms with Gasteiger partial charge in [0.2, 0.25) is 0 Å². The normalized spacial score (nSPS) is 13.2. The smallest absolute Gasteiger partial charge is 0.271 e. The van der Waals surface area contributed by atoms with Crippen LogP contribution in [-0.4, -0.2) is 4.98 Å². The number of hydrogen-bond donors (Lipinski definition) is 2. The third-order valence-corrected chi connectivity index (χ3v) is 3.06. The van der Waals surface area contributed by atoms with Crippen LogP contribution in [0.5, 0.6) is 0 Å². The fourth-order valence-corrected chi connectivity index (χ4v) is 1.97. The van der Waals surface area contributed by atoms with Crippen LogP contribution in [0.15, 0.2) is 36.5 Å². The molecular weight excluding hydrogens is 286 g/mol. The maximum atomic E-state index is 13.3. The van der Waals surface area contributed by atoms with Crippen molar-refractivity contribution in [2.24, 2.45) is 5.84 Å². The maximum Gasteiger partial charge on any atom is 0.419 e. The zero-order chi connectivity index (χ0) is 15.6. The van der Waals surface area contributed by atoms with Crippen molar-refractivity contribution in [2.45, 2.75) is 19.1 Å². The van der Waals surface area contributed by atoms with Crippen LogP contribution in [-0.2, 0) is 6.18 Å². The van der Waals surface area contributed by atoms with E-state index in [1.807, 2.05) is 0 Å². The standard InChI is InChI=1S/C14H13F4N3/c1-8-2-3-10(7-20-8)13(21-19)9-4-5-12(15)11(6-9)14(16,17)18/h2-7,13,21H,19H2,1H3. The molecule has 0 aliphatic rings. The molecule has 0 radical (unpaired) electrons. The van der Waals surface area contributed by atoms with Gasteiger partial charge in [0, 0.05) is 11.9 Å². The Kier molecular flexibility index (Phi) is 4.24. The molecule has 0 bridgehead atoms. The van der Waals surface area contributed by atoms with E-state index in [1.54, 1.807) is 19.1 Å². The molecule has 7 heteroatoms. The Labute approximate surface area is 118 Å². The van der Waals surface area contributed by atoms with Crippen LogP contribution in [0.25, 0.3) is 0 Å². The van der Waals surface area contributed by atoms with Crippen molar-refractivity contribution in [2.75, 3.05) is 0 Å². The Bertz CT molecular complexity index is 623. The second-order valence-corrected chi connectivity index (χ2v) is 4.57. The summed E-state index contributed by atoms with van der Waals surface area (Å²) in [5.74, 6) is 4.10.